The van der Waals surface area contributed by atoms with Gasteiger partial charge in [0.15, 0.2) is 0 Å². The van der Waals surface area contributed by atoms with Crippen LogP contribution in [0.15, 0.2) is 22.7 Å². The third kappa shape index (κ3) is 5.01. The average molecular weight is 416 g/mol. The van der Waals surface area contributed by atoms with Crippen LogP contribution < -0.4 is 9.47 Å². The Morgan fingerprint density at radius 3 is 2.52 bits per heavy atom. The maximum Gasteiger partial charge on any atom is 0.411 e. The summed E-state index contributed by atoms with van der Waals surface area (Å²) < 4.78 is 17.0. The summed E-state index contributed by atoms with van der Waals surface area (Å²) in [5, 5.41) is 9.41. The molecule has 0 spiro atoms. The van der Waals surface area contributed by atoms with E-state index in [4.69, 9.17) is 14.2 Å². The molecule has 1 heterocycles. The van der Waals surface area contributed by atoms with Crippen molar-refractivity contribution in [3.63, 3.8) is 0 Å². The normalized spacial score (nSPS) is 20.3. The number of carbonyl (C=O) groups excluding carboxylic acids is 1. The zero-order chi connectivity index (χ0) is 18.8. The molecule has 1 aliphatic rings. The molecule has 1 N–H and O–H groups in total. The van der Waals surface area contributed by atoms with Gasteiger partial charge in [0.1, 0.15) is 29.2 Å². The monoisotopic (exact) mass is 415 g/mol. The van der Waals surface area contributed by atoms with Crippen molar-refractivity contribution in [2.24, 2.45) is 0 Å². The van der Waals surface area contributed by atoms with Crippen LogP contribution >= 0.6 is 15.9 Å². The molecule has 1 aromatic rings. The van der Waals surface area contributed by atoms with E-state index in [1.54, 1.807) is 46.1 Å². The summed E-state index contributed by atoms with van der Waals surface area (Å²) in [7, 11) is 1.56. The number of nitrogens with zero attached hydrogens (tertiary/aromatic N) is 1. The number of amides is 1. The second-order valence-corrected chi connectivity index (χ2v) is 7.61. The SMILES string of the molecule is COc1ccc(OC2CC(C(=O)O)N(C(=O)OC(C)(C)C)C2)c(Br)c1. The quantitative estimate of drug-likeness (QED) is 0.811. The summed E-state index contributed by atoms with van der Waals surface area (Å²) in [6.07, 6.45) is -0.911. The summed E-state index contributed by atoms with van der Waals surface area (Å²) in [5.74, 6) is 0.149. The van der Waals surface area contributed by atoms with Crippen molar-refractivity contribution in [3.05, 3.63) is 22.7 Å². The van der Waals surface area contributed by atoms with Crippen LogP contribution in [0.4, 0.5) is 4.79 Å². The first-order chi connectivity index (χ1) is 11.6. The van der Waals surface area contributed by atoms with Crippen molar-refractivity contribution in [2.45, 2.75) is 44.9 Å². The van der Waals surface area contributed by atoms with Gasteiger partial charge in [-0.15, -0.1) is 0 Å². The average Bonchev–Trinajstić information content (AvgIpc) is 2.92. The van der Waals surface area contributed by atoms with Gasteiger partial charge in [-0.1, -0.05) is 0 Å². The second-order valence-electron chi connectivity index (χ2n) is 6.76. The van der Waals surface area contributed by atoms with Gasteiger partial charge in [-0.25, -0.2) is 9.59 Å². The fraction of sp³-hybridized carbons (Fsp3) is 0.529. The van der Waals surface area contributed by atoms with Gasteiger partial charge in [-0.05, 0) is 54.9 Å². The number of methoxy groups -OCH3 is 1. The Labute approximate surface area is 155 Å². The van der Waals surface area contributed by atoms with Crippen LogP contribution in [-0.4, -0.2) is 53.5 Å². The van der Waals surface area contributed by atoms with Gasteiger partial charge < -0.3 is 19.3 Å². The largest absolute Gasteiger partial charge is 0.497 e. The summed E-state index contributed by atoms with van der Waals surface area (Å²) in [6.45, 7) is 5.35. The number of hydrogen-bond donors (Lipinski definition) is 1. The molecular formula is C17H22BrNO6. The molecule has 1 aromatic carbocycles. The Hall–Kier alpha value is -1.96. The van der Waals surface area contributed by atoms with Crippen LogP contribution in [0.3, 0.4) is 0 Å². The predicted molar refractivity (Wildman–Crippen MR) is 94.1 cm³/mol. The predicted octanol–water partition coefficient (Wildman–Crippen LogP) is 3.30. The lowest BCUT2D eigenvalue weighted by atomic mass is 10.2. The summed E-state index contributed by atoms with van der Waals surface area (Å²) in [5.41, 5.74) is -0.696. The highest BCUT2D eigenvalue weighted by Gasteiger charge is 2.42. The number of carboxylic acids is 1. The van der Waals surface area contributed by atoms with E-state index < -0.39 is 29.8 Å². The molecule has 0 aromatic heterocycles. The van der Waals surface area contributed by atoms with Crippen LogP contribution in [0, 0.1) is 0 Å². The fourth-order valence-electron chi connectivity index (χ4n) is 2.52. The molecule has 25 heavy (non-hydrogen) atoms. The molecular weight excluding hydrogens is 394 g/mol. The van der Waals surface area contributed by atoms with E-state index >= 15 is 0 Å². The smallest absolute Gasteiger partial charge is 0.411 e. The first-order valence-corrected chi connectivity index (χ1v) is 8.62. The van der Waals surface area contributed by atoms with E-state index in [1.807, 2.05) is 0 Å². The highest BCUT2D eigenvalue weighted by atomic mass is 79.9. The highest BCUT2D eigenvalue weighted by Crippen LogP contribution is 2.32. The number of likely N-dealkylation sites (tertiary alicyclic amines) is 1. The maximum absolute atomic E-state index is 12.3. The van der Waals surface area contributed by atoms with Gasteiger partial charge >= 0.3 is 12.1 Å². The van der Waals surface area contributed by atoms with Gasteiger partial charge in [-0.2, -0.15) is 0 Å². The van der Waals surface area contributed by atoms with Crippen LogP contribution in [-0.2, 0) is 9.53 Å². The number of carbonyl (C=O) groups is 2. The Morgan fingerprint density at radius 2 is 2.00 bits per heavy atom. The van der Waals surface area contributed by atoms with Crippen LogP contribution in [0.25, 0.3) is 0 Å². The molecule has 2 unspecified atom stereocenters. The van der Waals surface area contributed by atoms with Crippen molar-refractivity contribution >= 4 is 28.0 Å². The van der Waals surface area contributed by atoms with Gasteiger partial charge in [0, 0.05) is 6.42 Å². The molecule has 2 rings (SSSR count). The van der Waals surface area contributed by atoms with Crippen molar-refractivity contribution in [2.75, 3.05) is 13.7 Å². The highest BCUT2D eigenvalue weighted by molar-refractivity contribution is 9.10. The van der Waals surface area contributed by atoms with Crippen molar-refractivity contribution in [3.8, 4) is 11.5 Å². The summed E-state index contributed by atoms with van der Waals surface area (Å²) in [4.78, 5) is 25.0. The molecule has 0 bridgehead atoms. The zero-order valence-corrected chi connectivity index (χ0v) is 16.2. The van der Waals surface area contributed by atoms with E-state index in [2.05, 4.69) is 15.9 Å². The number of benzene rings is 1. The molecule has 1 aliphatic heterocycles. The van der Waals surface area contributed by atoms with Gasteiger partial charge in [0.05, 0.1) is 18.1 Å². The Morgan fingerprint density at radius 1 is 1.32 bits per heavy atom. The van der Waals surface area contributed by atoms with Gasteiger partial charge in [0.2, 0.25) is 0 Å². The maximum atomic E-state index is 12.3. The summed E-state index contributed by atoms with van der Waals surface area (Å²) >= 11 is 3.40. The molecule has 0 saturated carbocycles. The van der Waals surface area contributed by atoms with Crippen molar-refractivity contribution < 1.29 is 28.9 Å². The lowest BCUT2D eigenvalue weighted by Gasteiger charge is -2.26. The molecule has 138 valence electrons. The number of carboxylic acid groups (broad SMARTS) is 1. The standard InChI is InChI=1S/C17H22BrNO6/c1-17(2,3)25-16(22)19-9-11(8-13(19)15(20)21)24-14-6-5-10(23-4)7-12(14)18/h5-7,11,13H,8-9H2,1-4H3,(H,20,21). The van der Waals surface area contributed by atoms with Gasteiger partial charge in [-0.3, -0.25) is 4.90 Å². The second kappa shape index (κ2) is 7.51. The minimum absolute atomic E-state index is 0.143. The number of halogens is 1. The fourth-order valence-corrected chi connectivity index (χ4v) is 2.97. The number of hydrogen-bond acceptors (Lipinski definition) is 5. The van der Waals surface area contributed by atoms with Crippen LogP contribution in [0.1, 0.15) is 27.2 Å². The van der Waals surface area contributed by atoms with E-state index in [0.29, 0.717) is 16.0 Å². The minimum Gasteiger partial charge on any atom is -0.497 e. The number of rotatable bonds is 4. The topological polar surface area (TPSA) is 85.3 Å². The van der Waals surface area contributed by atoms with E-state index in [1.165, 1.54) is 4.90 Å². The van der Waals surface area contributed by atoms with Crippen LogP contribution in [0.5, 0.6) is 11.5 Å². The first kappa shape index (κ1) is 19.4. The van der Waals surface area contributed by atoms with Crippen LogP contribution in [0.2, 0.25) is 0 Å². The molecule has 0 radical (unpaired) electrons. The van der Waals surface area contributed by atoms with Gasteiger partial charge in [0.25, 0.3) is 0 Å². The Balaban J connectivity index is 2.11. The zero-order valence-electron chi connectivity index (χ0n) is 14.6. The van der Waals surface area contributed by atoms with E-state index in [-0.39, 0.29) is 13.0 Å². The molecule has 1 fully saturated rings. The molecule has 8 heteroatoms. The number of aliphatic carboxylic acids is 1. The summed E-state index contributed by atoms with van der Waals surface area (Å²) in [6, 6.07) is 4.26. The third-order valence-corrected chi connectivity index (χ3v) is 4.23. The lowest BCUT2D eigenvalue weighted by molar-refractivity contribution is -0.142. The molecule has 2 atom stereocenters. The molecule has 0 aliphatic carbocycles. The van der Waals surface area contributed by atoms with Crippen molar-refractivity contribution in [1.29, 1.82) is 0 Å². The lowest BCUT2D eigenvalue weighted by Crippen LogP contribution is -2.43. The molecule has 1 saturated heterocycles. The molecule has 1 amide bonds. The Bertz CT molecular complexity index is 657. The molecule has 7 nitrogen and oxygen atoms in total. The Kier molecular flexibility index (Phi) is 5.82. The van der Waals surface area contributed by atoms with Crippen molar-refractivity contribution in [1.82, 2.24) is 4.90 Å². The third-order valence-electron chi connectivity index (χ3n) is 3.61. The van der Waals surface area contributed by atoms with E-state index in [0.717, 1.165) is 0 Å². The van der Waals surface area contributed by atoms with E-state index in [9.17, 15) is 14.7 Å². The number of ether oxygens (including phenoxy) is 3. The first-order valence-electron chi connectivity index (χ1n) is 7.83. The minimum atomic E-state index is -1.08.